The molecule has 110 valence electrons. The first kappa shape index (κ1) is 13.6. The SMILES string of the molecule is O=C(NC1CCCC(C(=O)O)C1)c1cn2ccccc2n1. The first-order valence-electron chi connectivity index (χ1n) is 7.11. The lowest BCUT2D eigenvalue weighted by Crippen LogP contribution is -2.40. The quantitative estimate of drug-likeness (QED) is 0.900. The van der Waals surface area contributed by atoms with Crippen LogP contribution in [-0.4, -0.2) is 32.4 Å². The predicted molar refractivity (Wildman–Crippen MR) is 76.0 cm³/mol. The summed E-state index contributed by atoms with van der Waals surface area (Å²) in [7, 11) is 0. The van der Waals surface area contributed by atoms with Gasteiger partial charge in [0.2, 0.25) is 0 Å². The molecule has 0 aromatic carbocycles. The summed E-state index contributed by atoms with van der Waals surface area (Å²) in [6, 6.07) is 5.48. The highest BCUT2D eigenvalue weighted by Gasteiger charge is 2.28. The van der Waals surface area contributed by atoms with E-state index in [2.05, 4.69) is 10.3 Å². The average Bonchev–Trinajstić information content (AvgIpc) is 2.91. The molecule has 1 amide bonds. The van der Waals surface area contributed by atoms with Crippen molar-refractivity contribution in [2.24, 2.45) is 5.92 Å². The molecule has 3 rings (SSSR count). The number of nitrogens with zero attached hydrogens (tertiary/aromatic N) is 2. The Labute approximate surface area is 121 Å². The molecule has 0 aliphatic heterocycles. The Hall–Kier alpha value is -2.37. The van der Waals surface area contributed by atoms with Gasteiger partial charge in [0.15, 0.2) is 0 Å². The van der Waals surface area contributed by atoms with Crippen LogP contribution in [0.1, 0.15) is 36.2 Å². The van der Waals surface area contributed by atoms with Crippen molar-refractivity contribution in [1.29, 1.82) is 0 Å². The molecule has 2 atom stereocenters. The summed E-state index contributed by atoms with van der Waals surface area (Å²) in [5.74, 6) is -1.37. The number of imidazole rings is 1. The molecule has 1 aliphatic rings. The molecule has 0 saturated heterocycles. The van der Waals surface area contributed by atoms with Crippen molar-refractivity contribution in [2.75, 3.05) is 0 Å². The number of carbonyl (C=O) groups excluding carboxylic acids is 1. The molecule has 0 spiro atoms. The minimum absolute atomic E-state index is 0.0860. The number of amides is 1. The smallest absolute Gasteiger partial charge is 0.306 e. The second-order valence-corrected chi connectivity index (χ2v) is 5.46. The van der Waals surface area contributed by atoms with Crippen LogP contribution in [0, 0.1) is 5.92 Å². The molecule has 0 radical (unpaired) electrons. The highest BCUT2D eigenvalue weighted by atomic mass is 16.4. The summed E-state index contributed by atoms with van der Waals surface area (Å²) in [6.45, 7) is 0. The number of hydrogen-bond acceptors (Lipinski definition) is 3. The maximum absolute atomic E-state index is 12.2. The average molecular weight is 287 g/mol. The Bertz CT molecular complexity index is 647. The van der Waals surface area contributed by atoms with Crippen molar-refractivity contribution in [1.82, 2.24) is 14.7 Å². The largest absolute Gasteiger partial charge is 0.481 e. The molecule has 2 aromatic rings. The molecule has 1 aliphatic carbocycles. The molecule has 21 heavy (non-hydrogen) atoms. The van der Waals surface area contributed by atoms with Crippen molar-refractivity contribution in [3.63, 3.8) is 0 Å². The van der Waals surface area contributed by atoms with E-state index >= 15 is 0 Å². The van der Waals surface area contributed by atoms with Crippen molar-refractivity contribution in [2.45, 2.75) is 31.7 Å². The third-order valence-corrected chi connectivity index (χ3v) is 3.96. The zero-order chi connectivity index (χ0) is 14.8. The topological polar surface area (TPSA) is 83.7 Å². The van der Waals surface area contributed by atoms with Crippen molar-refractivity contribution in [3.05, 3.63) is 36.3 Å². The van der Waals surface area contributed by atoms with Gasteiger partial charge in [-0.1, -0.05) is 12.5 Å². The monoisotopic (exact) mass is 287 g/mol. The highest BCUT2D eigenvalue weighted by Crippen LogP contribution is 2.24. The molecule has 6 heteroatoms. The minimum Gasteiger partial charge on any atom is -0.481 e. The molecule has 6 nitrogen and oxygen atoms in total. The maximum atomic E-state index is 12.2. The van der Waals surface area contributed by atoms with Crippen LogP contribution < -0.4 is 5.32 Å². The molecule has 0 bridgehead atoms. The summed E-state index contributed by atoms with van der Waals surface area (Å²) in [5, 5.41) is 12.0. The third-order valence-electron chi connectivity index (χ3n) is 3.96. The van der Waals surface area contributed by atoms with Crippen molar-refractivity contribution >= 4 is 17.5 Å². The van der Waals surface area contributed by atoms with Gasteiger partial charge in [-0.25, -0.2) is 4.98 Å². The molecule has 2 N–H and O–H groups in total. The van der Waals surface area contributed by atoms with Gasteiger partial charge in [0.05, 0.1) is 5.92 Å². The first-order chi connectivity index (χ1) is 10.1. The second kappa shape index (κ2) is 5.55. The van der Waals surface area contributed by atoms with Gasteiger partial charge in [-0.15, -0.1) is 0 Å². The molecule has 2 heterocycles. The van der Waals surface area contributed by atoms with E-state index in [-0.39, 0.29) is 17.9 Å². The van der Waals surface area contributed by atoms with Crippen LogP contribution >= 0.6 is 0 Å². The number of carboxylic acid groups (broad SMARTS) is 1. The molecule has 1 fully saturated rings. The van der Waals surface area contributed by atoms with E-state index in [4.69, 9.17) is 5.11 Å². The normalized spacial score (nSPS) is 22.1. The summed E-state index contributed by atoms with van der Waals surface area (Å²) in [6.07, 6.45) is 6.35. The minimum atomic E-state index is -0.776. The Kier molecular flexibility index (Phi) is 3.60. The van der Waals surface area contributed by atoms with Crippen LogP contribution in [0.5, 0.6) is 0 Å². The van der Waals surface area contributed by atoms with Gasteiger partial charge < -0.3 is 14.8 Å². The van der Waals surface area contributed by atoms with E-state index < -0.39 is 5.97 Å². The van der Waals surface area contributed by atoms with Crippen LogP contribution in [0.4, 0.5) is 0 Å². The fourth-order valence-corrected chi connectivity index (χ4v) is 2.85. The lowest BCUT2D eigenvalue weighted by Gasteiger charge is -2.27. The molecular weight excluding hydrogens is 270 g/mol. The number of aromatic nitrogens is 2. The molecule has 1 saturated carbocycles. The van der Waals surface area contributed by atoms with Crippen LogP contribution in [0.3, 0.4) is 0 Å². The number of rotatable bonds is 3. The number of aliphatic carboxylic acids is 1. The fourth-order valence-electron chi connectivity index (χ4n) is 2.85. The Morgan fingerprint density at radius 2 is 2.19 bits per heavy atom. The van der Waals surface area contributed by atoms with Gasteiger partial charge in [0, 0.05) is 18.4 Å². The maximum Gasteiger partial charge on any atom is 0.306 e. The van der Waals surface area contributed by atoms with Gasteiger partial charge >= 0.3 is 5.97 Å². The van der Waals surface area contributed by atoms with E-state index in [1.54, 1.807) is 10.6 Å². The molecule has 2 aromatic heterocycles. The van der Waals surface area contributed by atoms with Crippen molar-refractivity contribution in [3.8, 4) is 0 Å². The van der Waals surface area contributed by atoms with Gasteiger partial charge in [-0.05, 0) is 31.4 Å². The van der Waals surface area contributed by atoms with Gasteiger partial charge in [0.25, 0.3) is 5.91 Å². The Balaban J connectivity index is 1.69. The van der Waals surface area contributed by atoms with Gasteiger partial charge in [-0.3, -0.25) is 9.59 Å². The number of nitrogens with one attached hydrogen (secondary N) is 1. The number of carbonyl (C=O) groups is 2. The molecule has 2 unspecified atom stereocenters. The second-order valence-electron chi connectivity index (χ2n) is 5.46. The highest BCUT2D eigenvalue weighted by molar-refractivity contribution is 5.93. The fraction of sp³-hybridized carbons (Fsp3) is 0.400. The summed E-state index contributed by atoms with van der Waals surface area (Å²) in [5.41, 5.74) is 1.08. The Morgan fingerprint density at radius 1 is 1.33 bits per heavy atom. The van der Waals surface area contributed by atoms with Crippen LogP contribution in [-0.2, 0) is 4.79 Å². The van der Waals surface area contributed by atoms with Crippen LogP contribution in [0.2, 0.25) is 0 Å². The zero-order valence-electron chi connectivity index (χ0n) is 11.5. The standard InChI is InChI=1S/C15H17N3O3/c19-14(12-9-18-7-2-1-6-13(18)17-12)16-11-5-3-4-10(8-11)15(20)21/h1-2,6-7,9-11H,3-5,8H2,(H,16,19)(H,20,21). The number of fused-ring (bicyclic) bond motifs is 1. The third kappa shape index (κ3) is 2.89. The lowest BCUT2D eigenvalue weighted by atomic mass is 9.86. The zero-order valence-corrected chi connectivity index (χ0v) is 11.5. The van der Waals surface area contributed by atoms with Crippen LogP contribution in [0.15, 0.2) is 30.6 Å². The number of pyridine rings is 1. The van der Waals surface area contributed by atoms with E-state index in [1.165, 1.54) is 0 Å². The van der Waals surface area contributed by atoms with E-state index in [0.29, 0.717) is 18.5 Å². The Morgan fingerprint density at radius 3 is 2.95 bits per heavy atom. The number of carboxylic acids is 1. The van der Waals surface area contributed by atoms with Gasteiger partial charge in [0.1, 0.15) is 11.3 Å². The first-order valence-corrected chi connectivity index (χ1v) is 7.11. The van der Waals surface area contributed by atoms with Crippen molar-refractivity contribution < 1.29 is 14.7 Å². The predicted octanol–water partition coefficient (Wildman–Crippen LogP) is 1.71. The van der Waals surface area contributed by atoms with E-state index in [1.807, 2.05) is 24.4 Å². The lowest BCUT2D eigenvalue weighted by molar-refractivity contribution is -0.143. The van der Waals surface area contributed by atoms with Gasteiger partial charge in [-0.2, -0.15) is 0 Å². The molecular formula is C15H17N3O3. The summed E-state index contributed by atoms with van der Waals surface area (Å²) >= 11 is 0. The summed E-state index contributed by atoms with van der Waals surface area (Å²) in [4.78, 5) is 27.5. The number of hydrogen-bond donors (Lipinski definition) is 2. The van der Waals surface area contributed by atoms with E-state index in [0.717, 1.165) is 18.5 Å². The summed E-state index contributed by atoms with van der Waals surface area (Å²) < 4.78 is 1.79. The van der Waals surface area contributed by atoms with Crippen LogP contribution in [0.25, 0.3) is 5.65 Å². The van der Waals surface area contributed by atoms with E-state index in [9.17, 15) is 9.59 Å².